The molecule has 28 heavy (non-hydrogen) atoms. The van der Waals surface area contributed by atoms with Crippen molar-refractivity contribution < 1.29 is 19.0 Å². The zero-order valence-electron chi connectivity index (χ0n) is 16.0. The predicted molar refractivity (Wildman–Crippen MR) is 108 cm³/mol. The van der Waals surface area contributed by atoms with Gasteiger partial charge in [0.2, 0.25) is 0 Å². The number of rotatable bonds is 9. The van der Waals surface area contributed by atoms with Crippen molar-refractivity contribution in [1.29, 1.82) is 0 Å². The Labute approximate surface area is 165 Å². The van der Waals surface area contributed by atoms with Crippen LogP contribution in [0.15, 0.2) is 78.9 Å². The average molecular weight is 376 g/mol. The molecule has 0 aliphatic rings. The molecule has 0 amide bonds. The maximum atomic E-state index is 12.0. The Morgan fingerprint density at radius 2 is 1.39 bits per heavy atom. The Kier molecular flexibility index (Phi) is 7.08. The van der Waals surface area contributed by atoms with E-state index in [4.69, 9.17) is 14.2 Å². The molecular weight excluding hydrogens is 352 g/mol. The van der Waals surface area contributed by atoms with Gasteiger partial charge in [-0.25, -0.2) is 0 Å². The molecule has 0 saturated heterocycles. The summed E-state index contributed by atoms with van der Waals surface area (Å²) in [4.78, 5) is 12.0. The van der Waals surface area contributed by atoms with Gasteiger partial charge >= 0.3 is 5.97 Å². The number of methoxy groups -OCH3 is 1. The fourth-order valence-electron chi connectivity index (χ4n) is 2.78. The predicted octanol–water partition coefficient (Wildman–Crippen LogP) is 4.95. The van der Waals surface area contributed by atoms with Gasteiger partial charge in [-0.1, -0.05) is 66.7 Å². The minimum Gasteiger partial charge on any atom is -0.493 e. The van der Waals surface area contributed by atoms with Gasteiger partial charge in [0.15, 0.2) is 11.5 Å². The van der Waals surface area contributed by atoms with Crippen LogP contribution < -0.4 is 9.47 Å². The monoisotopic (exact) mass is 376 g/mol. The summed E-state index contributed by atoms with van der Waals surface area (Å²) in [6.07, 6.45) is 0.906. The van der Waals surface area contributed by atoms with E-state index in [0.717, 1.165) is 16.7 Å². The summed E-state index contributed by atoms with van der Waals surface area (Å²) in [5, 5.41) is 0. The first-order valence-corrected chi connectivity index (χ1v) is 9.28. The van der Waals surface area contributed by atoms with Crippen LogP contribution in [0.1, 0.15) is 23.1 Å². The van der Waals surface area contributed by atoms with Crippen LogP contribution in [0.3, 0.4) is 0 Å². The summed E-state index contributed by atoms with van der Waals surface area (Å²) in [6, 6.07) is 25.4. The Hall–Kier alpha value is -3.27. The topological polar surface area (TPSA) is 44.8 Å². The van der Waals surface area contributed by atoms with Gasteiger partial charge in [-0.3, -0.25) is 4.79 Å². The largest absolute Gasteiger partial charge is 0.493 e. The molecule has 0 saturated carbocycles. The van der Waals surface area contributed by atoms with Gasteiger partial charge < -0.3 is 14.2 Å². The fraction of sp³-hybridized carbons (Fsp3) is 0.208. The fourth-order valence-corrected chi connectivity index (χ4v) is 2.78. The van der Waals surface area contributed by atoms with Crippen molar-refractivity contribution in [3.63, 3.8) is 0 Å². The van der Waals surface area contributed by atoms with Gasteiger partial charge in [0.1, 0.15) is 13.2 Å². The first-order valence-electron chi connectivity index (χ1n) is 9.28. The lowest BCUT2D eigenvalue weighted by Gasteiger charge is -2.12. The molecule has 4 heteroatoms. The van der Waals surface area contributed by atoms with Gasteiger partial charge in [-0.2, -0.15) is 0 Å². The van der Waals surface area contributed by atoms with Crippen LogP contribution in [0.25, 0.3) is 0 Å². The number of ether oxygens (including phenoxy) is 3. The van der Waals surface area contributed by atoms with Crippen molar-refractivity contribution in [2.45, 2.75) is 26.1 Å². The highest BCUT2D eigenvalue weighted by Gasteiger charge is 2.09. The number of hydrogen-bond donors (Lipinski definition) is 0. The summed E-state index contributed by atoms with van der Waals surface area (Å²) in [5.74, 6) is 1.13. The molecule has 0 unspecified atom stereocenters. The Bertz CT molecular complexity index is 876. The second kappa shape index (κ2) is 10.2. The minimum atomic E-state index is -0.216. The molecule has 0 spiro atoms. The molecule has 4 nitrogen and oxygen atoms in total. The van der Waals surface area contributed by atoms with E-state index in [0.29, 0.717) is 37.6 Å². The number of aryl methyl sites for hydroxylation is 1. The minimum absolute atomic E-state index is 0.216. The van der Waals surface area contributed by atoms with Crippen LogP contribution in [0.4, 0.5) is 0 Å². The molecule has 0 radical (unpaired) electrons. The third kappa shape index (κ3) is 5.88. The number of benzene rings is 3. The van der Waals surface area contributed by atoms with Gasteiger partial charge in [0.25, 0.3) is 0 Å². The second-order valence-electron chi connectivity index (χ2n) is 6.41. The summed E-state index contributed by atoms with van der Waals surface area (Å²) in [7, 11) is 1.61. The molecule has 3 aromatic rings. The van der Waals surface area contributed by atoms with Crippen molar-refractivity contribution in [3.05, 3.63) is 95.6 Å². The number of carbonyl (C=O) groups excluding carboxylic acids is 1. The molecule has 144 valence electrons. The lowest BCUT2D eigenvalue weighted by atomic mass is 10.1. The number of esters is 1. The SMILES string of the molecule is COc1cc(CCC(=O)OCc2ccccc2)ccc1OCc1ccccc1. The van der Waals surface area contributed by atoms with Crippen molar-refractivity contribution in [2.24, 2.45) is 0 Å². The Morgan fingerprint density at radius 3 is 2.04 bits per heavy atom. The quantitative estimate of drug-likeness (QED) is 0.496. The molecule has 0 N–H and O–H groups in total. The van der Waals surface area contributed by atoms with Crippen LogP contribution in [0, 0.1) is 0 Å². The molecule has 3 rings (SSSR count). The van der Waals surface area contributed by atoms with Crippen molar-refractivity contribution >= 4 is 5.97 Å². The van der Waals surface area contributed by atoms with Crippen LogP contribution >= 0.6 is 0 Å². The maximum absolute atomic E-state index is 12.0. The summed E-state index contributed by atoms with van der Waals surface area (Å²) < 4.78 is 16.6. The van der Waals surface area contributed by atoms with E-state index < -0.39 is 0 Å². The highest BCUT2D eigenvalue weighted by molar-refractivity contribution is 5.69. The standard InChI is InChI=1S/C24H24O4/c1-26-23-16-19(12-14-22(23)27-17-20-8-4-2-5-9-20)13-15-24(25)28-18-21-10-6-3-7-11-21/h2-12,14,16H,13,15,17-18H2,1H3. The smallest absolute Gasteiger partial charge is 0.306 e. The summed E-state index contributed by atoms with van der Waals surface area (Å²) in [6.45, 7) is 0.775. The third-order valence-electron chi connectivity index (χ3n) is 4.33. The van der Waals surface area contributed by atoms with Crippen LogP contribution in [-0.4, -0.2) is 13.1 Å². The molecule has 0 aromatic heterocycles. The molecule has 0 aliphatic heterocycles. The van der Waals surface area contributed by atoms with Crippen molar-refractivity contribution in [1.82, 2.24) is 0 Å². The molecule has 0 heterocycles. The van der Waals surface area contributed by atoms with Gasteiger partial charge in [-0.15, -0.1) is 0 Å². The van der Waals surface area contributed by atoms with Crippen molar-refractivity contribution in [2.75, 3.05) is 7.11 Å². The molecule has 0 atom stereocenters. The molecular formula is C24H24O4. The second-order valence-corrected chi connectivity index (χ2v) is 6.41. The molecule has 0 fully saturated rings. The van der Waals surface area contributed by atoms with E-state index in [1.807, 2.05) is 78.9 Å². The first kappa shape index (κ1) is 19.5. The normalized spacial score (nSPS) is 10.3. The zero-order chi connectivity index (χ0) is 19.6. The Balaban J connectivity index is 1.50. The lowest BCUT2D eigenvalue weighted by Crippen LogP contribution is -2.06. The highest BCUT2D eigenvalue weighted by Crippen LogP contribution is 2.29. The maximum Gasteiger partial charge on any atom is 0.306 e. The highest BCUT2D eigenvalue weighted by atomic mass is 16.5. The zero-order valence-corrected chi connectivity index (χ0v) is 16.0. The van der Waals surface area contributed by atoms with Gasteiger partial charge in [0.05, 0.1) is 7.11 Å². The van der Waals surface area contributed by atoms with Gasteiger partial charge in [0, 0.05) is 6.42 Å². The van der Waals surface area contributed by atoms with E-state index >= 15 is 0 Å². The van der Waals surface area contributed by atoms with E-state index in [9.17, 15) is 4.79 Å². The number of hydrogen-bond acceptors (Lipinski definition) is 4. The van der Waals surface area contributed by atoms with E-state index in [-0.39, 0.29) is 5.97 Å². The Morgan fingerprint density at radius 1 is 0.750 bits per heavy atom. The van der Waals surface area contributed by atoms with E-state index in [1.54, 1.807) is 7.11 Å². The number of carbonyl (C=O) groups is 1. The lowest BCUT2D eigenvalue weighted by molar-refractivity contribution is -0.144. The molecule has 0 aliphatic carbocycles. The summed E-state index contributed by atoms with van der Waals surface area (Å²) in [5.41, 5.74) is 3.08. The molecule has 3 aromatic carbocycles. The molecule has 0 bridgehead atoms. The van der Waals surface area contributed by atoms with Crippen LogP contribution in [0.2, 0.25) is 0 Å². The third-order valence-corrected chi connectivity index (χ3v) is 4.33. The van der Waals surface area contributed by atoms with Crippen LogP contribution in [0.5, 0.6) is 11.5 Å². The van der Waals surface area contributed by atoms with Gasteiger partial charge in [-0.05, 0) is 35.2 Å². The van der Waals surface area contributed by atoms with E-state index in [2.05, 4.69) is 0 Å². The van der Waals surface area contributed by atoms with Crippen molar-refractivity contribution in [3.8, 4) is 11.5 Å². The van der Waals surface area contributed by atoms with Crippen LogP contribution in [-0.2, 0) is 29.2 Å². The first-order chi connectivity index (χ1) is 13.7. The van der Waals surface area contributed by atoms with E-state index in [1.165, 1.54) is 0 Å². The average Bonchev–Trinajstić information content (AvgIpc) is 2.76. The summed E-state index contributed by atoms with van der Waals surface area (Å²) >= 11 is 0.